The summed E-state index contributed by atoms with van der Waals surface area (Å²) in [6.45, 7) is 4.69. The van der Waals surface area contributed by atoms with E-state index in [9.17, 15) is 14.4 Å². The summed E-state index contributed by atoms with van der Waals surface area (Å²) < 4.78 is 5.51. The molecule has 2 atom stereocenters. The number of imide groups is 2. The van der Waals surface area contributed by atoms with E-state index < -0.39 is 23.8 Å². The Morgan fingerprint density at radius 3 is 2.64 bits per heavy atom. The Morgan fingerprint density at radius 1 is 1.28 bits per heavy atom. The van der Waals surface area contributed by atoms with Crippen molar-refractivity contribution < 1.29 is 19.1 Å². The van der Waals surface area contributed by atoms with Crippen molar-refractivity contribution in [1.29, 1.82) is 0 Å². The molecule has 1 aromatic rings. The number of ether oxygens (including phenoxy) is 1. The highest BCUT2D eigenvalue weighted by Crippen LogP contribution is 2.22. The van der Waals surface area contributed by atoms with Crippen molar-refractivity contribution in [2.24, 2.45) is 10.9 Å². The van der Waals surface area contributed by atoms with Gasteiger partial charge in [-0.3, -0.25) is 19.9 Å². The van der Waals surface area contributed by atoms with Gasteiger partial charge in [0, 0.05) is 12.3 Å². The summed E-state index contributed by atoms with van der Waals surface area (Å²) in [6.07, 6.45) is 1.96. The number of benzene rings is 1. The zero-order chi connectivity index (χ0) is 18.0. The van der Waals surface area contributed by atoms with E-state index in [4.69, 9.17) is 4.74 Å². The summed E-state index contributed by atoms with van der Waals surface area (Å²) in [5, 5.41) is 2.25. The predicted octanol–water partition coefficient (Wildman–Crippen LogP) is 1.83. The number of nitrogens with one attached hydrogen (secondary N) is 1. The van der Waals surface area contributed by atoms with Gasteiger partial charge < -0.3 is 4.74 Å². The second-order valence-electron chi connectivity index (χ2n) is 6.35. The lowest BCUT2D eigenvalue weighted by atomic mass is 9.99. The number of barbiturate groups is 1. The quantitative estimate of drug-likeness (QED) is 0.667. The molecule has 25 heavy (non-hydrogen) atoms. The van der Waals surface area contributed by atoms with Crippen LogP contribution in [0.3, 0.4) is 0 Å². The standard InChI is InChI=1S/C18H21N3O4/c1-11-5-7-13(8-6-11)21-17(23)15(16(22)20-18(21)24)12(2)19-10-14-4-3-9-25-14/h5-8,14-15H,3-4,9-10H2,1-2H3,(H,20,22,24)/t14-,15+/m0/s1. The van der Waals surface area contributed by atoms with Gasteiger partial charge in [0.05, 0.1) is 18.3 Å². The topological polar surface area (TPSA) is 88.1 Å². The number of anilines is 1. The molecule has 1 N–H and O–H groups in total. The number of rotatable bonds is 4. The van der Waals surface area contributed by atoms with Crippen LogP contribution in [0.4, 0.5) is 10.5 Å². The molecule has 2 aliphatic heterocycles. The number of carbonyl (C=O) groups is 3. The number of urea groups is 1. The fourth-order valence-corrected chi connectivity index (χ4v) is 3.01. The van der Waals surface area contributed by atoms with Gasteiger partial charge in [0.1, 0.15) is 0 Å². The molecule has 3 rings (SSSR count). The van der Waals surface area contributed by atoms with E-state index in [1.54, 1.807) is 31.2 Å². The van der Waals surface area contributed by atoms with Crippen molar-refractivity contribution in [2.45, 2.75) is 32.8 Å². The number of nitrogens with zero attached hydrogens (tertiary/aromatic N) is 2. The van der Waals surface area contributed by atoms with Gasteiger partial charge in [-0.25, -0.2) is 9.69 Å². The third-order valence-corrected chi connectivity index (χ3v) is 4.44. The van der Waals surface area contributed by atoms with Crippen LogP contribution < -0.4 is 10.2 Å². The molecule has 2 saturated heterocycles. The van der Waals surface area contributed by atoms with Gasteiger partial charge in [0.15, 0.2) is 5.92 Å². The molecule has 7 nitrogen and oxygen atoms in total. The molecular weight excluding hydrogens is 322 g/mol. The Bertz CT molecular complexity index is 720. The minimum atomic E-state index is -1.10. The van der Waals surface area contributed by atoms with Crippen LogP contribution in [0.25, 0.3) is 0 Å². The third kappa shape index (κ3) is 3.61. The van der Waals surface area contributed by atoms with Crippen molar-refractivity contribution in [1.82, 2.24) is 5.32 Å². The largest absolute Gasteiger partial charge is 0.376 e. The summed E-state index contributed by atoms with van der Waals surface area (Å²) in [5.41, 5.74) is 1.83. The number of carbonyl (C=O) groups excluding carboxylic acids is 3. The highest BCUT2D eigenvalue weighted by molar-refractivity contribution is 6.35. The Balaban J connectivity index is 1.81. The fraction of sp³-hybridized carbons (Fsp3) is 0.444. The van der Waals surface area contributed by atoms with Gasteiger partial charge >= 0.3 is 6.03 Å². The number of amides is 4. The minimum Gasteiger partial charge on any atom is -0.376 e. The molecule has 2 heterocycles. The smallest absolute Gasteiger partial charge is 0.335 e. The van der Waals surface area contributed by atoms with Crippen LogP contribution in [0, 0.1) is 12.8 Å². The van der Waals surface area contributed by atoms with Crippen molar-refractivity contribution in [3.8, 4) is 0 Å². The summed E-state index contributed by atoms with van der Waals surface area (Å²) >= 11 is 0. The molecule has 1 aromatic carbocycles. The zero-order valence-corrected chi connectivity index (χ0v) is 14.3. The fourth-order valence-electron chi connectivity index (χ4n) is 3.01. The molecule has 4 amide bonds. The average Bonchev–Trinajstić information content (AvgIpc) is 3.07. The molecule has 0 aliphatic carbocycles. The lowest BCUT2D eigenvalue weighted by Gasteiger charge is -2.30. The second kappa shape index (κ2) is 7.14. The maximum Gasteiger partial charge on any atom is 0.335 e. The number of aryl methyl sites for hydroxylation is 1. The van der Waals surface area contributed by atoms with Crippen LogP contribution >= 0.6 is 0 Å². The van der Waals surface area contributed by atoms with Crippen LogP contribution in [0.15, 0.2) is 29.3 Å². The van der Waals surface area contributed by atoms with Crippen molar-refractivity contribution in [3.05, 3.63) is 29.8 Å². The Kier molecular flexibility index (Phi) is 4.94. The minimum absolute atomic E-state index is 0.0338. The number of hydrogen-bond donors (Lipinski definition) is 1. The van der Waals surface area contributed by atoms with Gasteiger partial charge in [-0.15, -0.1) is 0 Å². The van der Waals surface area contributed by atoms with Crippen molar-refractivity contribution in [2.75, 3.05) is 18.1 Å². The normalized spacial score (nSPS) is 24.6. The van der Waals surface area contributed by atoms with E-state index in [-0.39, 0.29) is 6.10 Å². The van der Waals surface area contributed by atoms with Gasteiger partial charge in [0.25, 0.3) is 5.91 Å². The average molecular weight is 343 g/mol. The summed E-state index contributed by atoms with van der Waals surface area (Å²) in [4.78, 5) is 42.5. The van der Waals surface area contributed by atoms with Crippen LogP contribution in [-0.2, 0) is 14.3 Å². The van der Waals surface area contributed by atoms with Gasteiger partial charge in [0.2, 0.25) is 5.91 Å². The first kappa shape index (κ1) is 17.3. The lowest BCUT2D eigenvalue weighted by Crippen LogP contribution is -2.60. The van der Waals surface area contributed by atoms with E-state index in [0.29, 0.717) is 17.9 Å². The SMILES string of the molecule is CC(=NC[C@@H]1CCCO1)[C@@H]1C(=O)NC(=O)N(c2ccc(C)cc2)C1=O. The molecule has 2 fully saturated rings. The first-order valence-corrected chi connectivity index (χ1v) is 8.35. The van der Waals surface area contributed by atoms with E-state index in [2.05, 4.69) is 10.3 Å². The van der Waals surface area contributed by atoms with Crippen LogP contribution in [-0.4, -0.2) is 42.8 Å². The Labute approximate surface area is 146 Å². The van der Waals surface area contributed by atoms with Crippen molar-refractivity contribution in [3.63, 3.8) is 0 Å². The maximum atomic E-state index is 12.8. The van der Waals surface area contributed by atoms with E-state index >= 15 is 0 Å². The predicted molar refractivity (Wildman–Crippen MR) is 92.6 cm³/mol. The molecule has 0 aromatic heterocycles. The highest BCUT2D eigenvalue weighted by Gasteiger charge is 2.42. The summed E-state index contributed by atoms with van der Waals surface area (Å²) in [6, 6.07) is 6.23. The highest BCUT2D eigenvalue weighted by atomic mass is 16.5. The van der Waals surface area contributed by atoms with Crippen molar-refractivity contribution >= 4 is 29.2 Å². The molecule has 0 radical (unpaired) electrons. The summed E-state index contributed by atoms with van der Waals surface area (Å²) in [5.74, 6) is -2.31. The van der Waals surface area contributed by atoms with E-state index in [0.717, 1.165) is 29.9 Å². The summed E-state index contributed by atoms with van der Waals surface area (Å²) in [7, 11) is 0. The molecule has 0 spiro atoms. The first-order chi connectivity index (χ1) is 12.0. The first-order valence-electron chi connectivity index (χ1n) is 8.35. The number of aliphatic imine (C=N–C) groups is 1. The monoisotopic (exact) mass is 343 g/mol. The van der Waals surface area contributed by atoms with Crippen LogP contribution in [0.1, 0.15) is 25.3 Å². The van der Waals surface area contributed by atoms with Crippen LogP contribution in [0.5, 0.6) is 0 Å². The molecular formula is C18H21N3O4. The Hall–Kier alpha value is -2.54. The van der Waals surface area contributed by atoms with Gasteiger partial charge in [-0.05, 0) is 38.8 Å². The second-order valence-corrected chi connectivity index (χ2v) is 6.35. The van der Waals surface area contributed by atoms with E-state index in [1.165, 1.54) is 0 Å². The van der Waals surface area contributed by atoms with Gasteiger partial charge in [-0.2, -0.15) is 0 Å². The van der Waals surface area contributed by atoms with Gasteiger partial charge in [-0.1, -0.05) is 17.7 Å². The molecule has 132 valence electrons. The third-order valence-electron chi connectivity index (χ3n) is 4.44. The van der Waals surface area contributed by atoms with E-state index in [1.807, 2.05) is 6.92 Å². The Morgan fingerprint density at radius 2 is 2.00 bits per heavy atom. The zero-order valence-electron chi connectivity index (χ0n) is 14.3. The molecule has 7 heteroatoms. The maximum absolute atomic E-state index is 12.8. The molecule has 0 saturated carbocycles. The molecule has 0 unspecified atom stereocenters. The lowest BCUT2D eigenvalue weighted by molar-refractivity contribution is -0.131. The molecule has 2 aliphatic rings. The van der Waals surface area contributed by atoms with Crippen LogP contribution in [0.2, 0.25) is 0 Å². The number of hydrogen-bond acceptors (Lipinski definition) is 5. The molecule has 0 bridgehead atoms.